The fourth-order valence-corrected chi connectivity index (χ4v) is 1.70. The van der Waals surface area contributed by atoms with Gasteiger partial charge >= 0.3 is 0 Å². The molecule has 0 aliphatic carbocycles. The van der Waals surface area contributed by atoms with Gasteiger partial charge in [0.1, 0.15) is 0 Å². The van der Waals surface area contributed by atoms with Crippen molar-refractivity contribution < 1.29 is 0 Å². The average Bonchev–Trinajstić information content (AvgIpc) is 1.97. The van der Waals surface area contributed by atoms with Gasteiger partial charge in [0.25, 0.3) is 0 Å². The largest absolute Gasteiger partial charge is 0.347 e. The normalized spacial score (nSPS) is 42.7. The number of piperazine rings is 1. The van der Waals surface area contributed by atoms with E-state index in [1.807, 2.05) is 4.81 Å². The van der Waals surface area contributed by atoms with E-state index in [1.165, 1.54) is 0 Å². The quantitative estimate of drug-likeness (QED) is 0.466. The molecule has 62 valence electrons. The molecule has 0 aromatic carbocycles. The lowest BCUT2D eigenvalue weighted by Crippen LogP contribution is -2.58. The summed E-state index contributed by atoms with van der Waals surface area (Å²) in [5.74, 6) is 0. The standard InChI is InChI=1S/C8H17BN2/c1-6-5-10(4)7(2)8(3)11(6)9/h6-8H,5H2,1-4H3. The van der Waals surface area contributed by atoms with Gasteiger partial charge in [-0.05, 0) is 27.8 Å². The molecule has 1 saturated heterocycles. The lowest BCUT2D eigenvalue weighted by atomic mass is 9.97. The molecule has 0 aromatic rings. The highest BCUT2D eigenvalue weighted by Crippen LogP contribution is 2.16. The van der Waals surface area contributed by atoms with E-state index in [2.05, 4.69) is 32.7 Å². The molecular weight excluding hydrogens is 135 g/mol. The molecule has 11 heavy (non-hydrogen) atoms. The van der Waals surface area contributed by atoms with Crippen LogP contribution in [-0.2, 0) is 0 Å². The van der Waals surface area contributed by atoms with E-state index in [9.17, 15) is 0 Å². The number of rotatable bonds is 0. The van der Waals surface area contributed by atoms with Gasteiger partial charge in [-0.1, -0.05) is 0 Å². The Morgan fingerprint density at radius 2 is 1.73 bits per heavy atom. The van der Waals surface area contributed by atoms with E-state index < -0.39 is 0 Å². The van der Waals surface area contributed by atoms with Crippen molar-refractivity contribution in [3.05, 3.63) is 0 Å². The van der Waals surface area contributed by atoms with Crippen LogP contribution in [0.25, 0.3) is 0 Å². The Labute approximate surface area is 71.0 Å². The zero-order chi connectivity index (χ0) is 8.59. The molecule has 3 unspecified atom stereocenters. The van der Waals surface area contributed by atoms with Crippen molar-refractivity contribution in [1.29, 1.82) is 0 Å². The first-order chi connectivity index (χ1) is 5.04. The molecule has 0 spiro atoms. The molecule has 3 heteroatoms. The van der Waals surface area contributed by atoms with Crippen LogP contribution in [-0.4, -0.2) is 49.4 Å². The molecule has 0 amide bonds. The Kier molecular flexibility index (Phi) is 2.60. The van der Waals surface area contributed by atoms with Crippen molar-refractivity contribution in [3.63, 3.8) is 0 Å². The minimum atomic E-state index is 0.462. The molecule has 0 bridgehead atoms. The Balaban J connectivity index is 2.63. The van der Waals surface area contributed by atoms with Crippen LogP contribution in [0.3, 0.4) is 0 Å². The van der Waals surface area contributed by atoms with Crippen molar-refractivity contribution in [2.24, 2.45) is 0 Å². The number of hydrogen-bond acceptors (Lipinski definition) is 2. The Morgan fingerprint density at radius 1 is 1.18 bits per heavy atom. The summed E-state index contributed by atoms with van der Waals surface area (Å²) in [4.78, 5) is 4.32. The van der Waals surface area contributed by atoms with Gasteiger partial charge in [0.15, 0.2) is 7.98 Å². The Hall–Kier alpha value is -0.0151. The topological polar surface area (TPSA) is 6.48 Å². The predicted molar refractivity (Wildman–Crippen MR) is 48.6 cm³/mol. The van der Waals surface area contributed by atoms with Crippen LogP contribution < -0.4 is 0 Å². The van der Waals surface area contributed by atoms with Crippen LogP contribution in [0.1, 0.15) is 20.8 Å². The number of nitrogens with zero attached hydrogens (tertiary/aromatic N) is 2. The van der Waals surface area contributed by atoms with Crippen LogP contribution >= 0.6 is 0 Å². The zero-order valence-electron chi connectivity index (χ0n) is 7.91. The first-order valence-electron chi connectivity index (χ1n) is 4.27. The minimum Gasteiger partial charge on any atom is -0.347 e. The van der Waals surface area contributed by atoms with Crippen molar-refractivity contribution in [2.75, 3.05) is 13.6 Å². The average molecular weight is 152 g/mol. The highest BCUT2D eigenvalue weighted by molar-refractivity contribution is 6.04. The van der Waals surface area contributed by atoms with E-state index in [1.54, 1.807) is 0 Å². The maximum Gasteiger partial charge on any atom is 0.183 e. The number of hydrogen-bond donors (Lipinski definition) is 0. The SMILES string of the molecule is [B]N1C(C)CN(C)C(C)C1C. The first-order valence-corrected chi connectivity index (χ1v) is 4.27. The molecular formula is C8H17BN2. The summed E-state index contributed by atoms with van der Waals surface area (Å²) in [7, 11) is 8.04. The molecule has 1 aliphatic rings. The second-order valence-electron chi connectivity index (χ2n) is 3.72. The van der Waals surface area contributed by atoms with Gasteiger partial charge in [0.05, 0.1) is 0 Å². The van der Waals surface area contributed by atoms with Gasteiger partial charge in [0.2, 0.25) is 0 Å². The fourth-order valence-electron chi connectivity index (χ4n) is 1.70. The van der Waals surface area contributed by atoms with Crippen molar-refractivity contribution in [3.8, 4) is 0 Å². The second-order valence-corrected chi connectivity index (χ2v) is 3.72. The minimum absolute atomic E-state index is 0.462. The van der Waals surface area contributed by atoms with Crippen LogP contribution in [0.2, 0.25) is 0 Å². The van der Waals surface area contributed by atoms with Crippen LogP contribution in [0.15, 0.2) is 0 Å². The van der Waals surface area contributed by atoms with Gasteiger partial charge in [-0.2, -0.15) is 0 Å². The predicted octanol–water partition coefficient (Wildman–Crippen LogP) is 0.483. The molecule has 0 saturated carbocycles. The van der Waals surface area contributed by atoms with Crippen LogP contribution in [0.5, 0.6) is 0 Å². The summed E-state index contributed by atoms with van der Waals surface area (Å²) in [5, 5.41) is 0. The van der Waals surface area contributed by atoms with Crippen molar-refractivity contribution >= 4 is 7.98 Å². The van der Waals surface area contributed by atoms with Gasteiger partial charge in [-0.15, -0.1) is 0 Å². The lowest BCUT2D eigenvalue weighted by molar-refractivity contribution is 0.0726. The maximum atomic E-state index is 5.88. The van der Waals surface area contributed by atoms with Gasteiger partial charge in [0, 0.05) is 24.7 Å². The molecule has 0 N–H and O–H groups in total. The summed E-state index contributed by atoms with van der Waals surface area (Å²) in [6, 6.07) is 1.51. The zero-order valence-corrected chi connectivity index (χ0v) is 7.91. The summed E-state index contributed by atoms with van der Waals surface area (Å²) >= 11 is 0. The van der Waals surface area contributed by atoms with E-state index >= 15 is 0 Å². The van der Waals surface area contributed by atoms with Gasteiger partial charge < -0.3 is 9.71 Å². The van der Waals surface area contributed by atoms with E-state index in [-0.39, 0.29) is 0 Å². The lowest BCUT2D eigenvalue weighted by Gasteiger charge is -2.46. The first kappa shape index (κ1) is 9.08. The molecule has 2 radical (unpaired) electrons. The molecule has 1 rings (SSSR count). The molecule has 1 aliphatic heterocycles. The van der Waals surface area contributed by atoms with E-state index in [0.29, 0.717) is 18.1 Å². The van der Waals surface area contributed by atoms with Crippen LogP contribution in [0, 0.1) is 0 Å². The van der Waals surface area contributed by atoms with Crippen LogP contribution in [0.4, 0.5) is 0 Å². The highest BCUT2D eigenvalue weighted by Gasteiger charge is 2.29. The third-order valence-corrected chi connectivity index (χ3v) is 2.92. The summed E-state index contributed by atoms with van der Waals surface area (Å²) in [6.45, 7) is 7.63. The van der Waals surface area contributed by atoms with Crippen molar-refractivity contribution in [2.45, 2.75) is 38.9 Å². The number of likely N-dealkylation sites (N-methyl/N-ethyl adjacent to an activating group) is 1. The van der Waals surface area contributed by atoms with E-state index in [4.69, 9.17) is 7.98 Å². The van der Waals surface area contributed by atoms with Gasteiger partial charge in [-0.25, -0.2) is 0 Å². The third-order valence-electron chi connectivity index (χ3n) is 2.92. The molecule has 3 atom stereocenters. The fraction of sp³-hybridized carbons (Fsp3) is 1.00. The molecule has 0 aromatic heterocycles. The smallest absolute Gasteiger partial charge is 0.183 e. The summed E-state index contributed by atoms with van der Waals surface area (Å²) < 4.78 is 0. The Bertz CT molecular complexity index is 126. The molecule has 1 fully saturated rings. The Morgan fingerprint density at radius 3 is 2.27 bits per heavy atom. The van der Waals surface area contributed by atoms with E-state index in [0.717, 1.165) is 6.54 Å². The van der Waals surface area contributed by atoms with Gasteiger partial charge in [-0.3, -0.25) is 0 Å². The summed E-state index contributed by atoms with van der Waals surface area (Å²) in [6.07, 6.45) is 0. The van der Waals surface area contributed by atoms with Crippen molar-refractivity contribution in [1.82, 2.24) is 9.71 Å². The highest BCUT2D eigenvalue weighted by atomic mass is 15.3. The molecule has 2 nitrogen and oxygen atoms in total. The summed E-state index contributed by atoms with van der Waals surface area (Å²) in [5.41, 5.74) is 0. The third kappa shape index (κ3) is 1.59. The second kappa shape index (κ2) is 3.15. The maximum absolute atomic E-state index is 5.88. The molecule has 1 heterocycles. The monoisotopic (exact) mass is 152 g/mol.